The molecule has 0 heterocycles. The molecule has 0 aromatic heterocycles. The largest absolute Gasteiger partial charge is 0.380 e. The maximum absolute atomic E-state index is 10.7. The van der Waals surface area contributed by atoms with E-state index in [0.29, 0.717) is 0 Å². The third kappa shape index (κ3) is 3.88. The van der Waals surface area contributed by atoms with Gasteiger partial charge in [0.2, 0.25) is 5.90 Å². The summed E-state index contributed by atoms with van der Waals surface area (Å²) in [6.45, 7) is 0. The van der Waals surface area contributed by atoms with Crippen LogP contribution in [0.15, 0.2) is 53.7 Å². The van der Waals surface area contributed by atoms with Crippen LogP contribution in [0.25, 0.3) is 0 Å². The average molecular weight is 329 g/mol. The smallest absolute Gasteiger partial charge is 0.270 e. The topological polar surface area (TPSA) is 158 Å². The zero-order valence-electron chi connectivity index (χ0n) is 12.1. The van der Waals surface area contributed by atoms with E-state index in [2.05, 4.69) is 5.16 Å². The number of non-ortho nitro benzene ring substituents is 2. The van der Waals surface area contributed by atoms with Crippen LogP contribution in [0.5, 0.6) is 0 Å². The molecule has 0 amide bonds. The Morgan fingerprint density at radius 3 is 2.04 bits per heavy atom. The molecule has 0 spiro atoms. The van der Waals surface area contributed by atoms with Gasteiger partial charge >= 0.3 is 0 Å². The number of hydrogen-bond donors (Lipinski definition) is 2. The molecule has 0 saturated heterocycles. The van der Waals surface area contributed by atoms with Gasteiger partial charge in [-0.1, -0.05) is 23.4 Å². The number of nitro benzene ring substituents is 2. The van der Waals surface area contributed by atoms with Gasteiger partial charge in [0.25, 0.3) is 11.4 Å². The first-order valence-corrected chi connectivity index (χ1v) is 6.47. The molecule has 0 saturated carbocycles. The standard InChI is InChI=1S/C14H11N5O5/c15-13(9-3-1-5-11(7-9)18(20)21)17-24-14(16)10-4-2-6-12(8-10)19(22)23/h1-8,16H,(H2,15,17). The van der Waals surface area contributed by atoms with Crippen molar-refractivity contribution in [3.8, 4) is 0 Å². The van der Waals surface area contributed by atoms with Gasteiger partial charge in [-0.15, -0.1) is 0 Å². The van der Waals surface area contributed by atoms with Crippen molar-refractivity contribution in [1.82, 2.24) is 0 Å². The van der Waals surface area contributed by atoms with Crippen molar-refractivity contribution in [2.75, 3.05) is 0 Å². The number of benzene rings is 2. The van der Waals surface area contributed by atoms with Gasteiger partial charge in [-0.05, 0) is 6.07 Å². The van der Waals surface area contributed by atoms with Gasteiger partial charge < -0.3 is 10.6 Å². The van der Waals surface area contributed by atoms with Gasteiger partial charge in [-0.25, -0.2) is 0 Å². The number of nitrogens with two attached hydrogens (primary N) is 1. The minimum absolute atomic E-state index is 0.139. The number of hydrogen-bond acceptors (Lipinski definition) is 7. The minimum Gasteiger partial charge on any atom is -0.380 e. The molecule has 2 rings (SSSR count). The SMILES string of the molecule is N=C(O/N=C(\N)c1cccc([N+](=O)[O-])c1)c1cccc([N+](=O)[O-])c1. The minimum atomic E-state index is -0.600. The van der Waals surface area contributed by atoms with Crippen LogP contribution >= 0.6 is 0 Å². The third-order valence-corrected chi connectivity index (χ3v) is 2.91. The third-order valence-electron chi connectivity index (χ3n) is 2.91. The first kappa shape index (κ1) is 16.5. The lowest BCUT2D eigenvalue weighted by atomic mass is 10.2. The quantitative estimate of drug-likeness (QED) is 0.370. The Kier molecular flexibility index (Phi) is 4.80. The van der Waals surface area contributed by atoms with Crippen LogP contribution in [0.2, 0.25) is 0 Å². The van der Waals surface area contributed by atoms with E-state index >= 15 is 0 Å². The van der Waals surface area contributed by atoms with Crippen molar-refractivity contribution >= 4 is 23.1 Å². The summed E-state index contributed by atoms with van der Waals surface area (Å²) >= 11 is 0. The lowest BCUT2D eigenvalue weighted by molar-refractivity contribution is -0.385. The zero-order valence-corrected chi connectivity index (χ0v) is 12.1. The summed E-state index contributed by atoms with van der Waals surface area (Å²) in [6.07, 6.45) is 0. The van der Waals surface area contributed by atoms with E-state index in [1.807, 2.05) is 0 Å². The Hall–Kier alpha value is -3.82. The maximum atomic E-state index is 10.7. The summed E-state index contributed by atoms with van der Waals surface area (Å²) < 4.78 is 0. The second-order valence-electron chi connectivity index (χ2n) is 4.51. The molecule has 0 atom stereocenters. The number of amidine groups is 1. The molecule has 3 N–H and O–H groups in total. The number of nitrogens with zero attached hydrogens (tertiary/aromatic N) is 3. The van der Waals surface area contributed by atoms with Crippen molar-refractivity contribution in [1.29, 1.82) is 5.41 Å². The Balaban J connectivity index is 2.16. The highest BCUT2D eigenvalue weighted by atomic mass is 16.6. The average Bonchev–Trinajstić information content (AvgIpc) is 2.59. The first-order chi connectivity index (χ1) is 11.4. The van der Waals surface area contributed by atoms with Crippen molar-refractivity contribution in [2.45, 2.75) is 0 Å². The molecule has 2 aromatic rings. The van der Waals surface area contributed by atoms with E-state index in [1.54, 1.807) is 0 Å². The van der Waals surface area contributed by atoms with Crippen LogP contribution in [0.1, 0.15) is 11.1 Å². The number of oxime groups is 1. The molecule has 24 heavy (non-hydrogen) atoms. The van der Waals surface area contributed by atoms with E-state index in [0.717, 1.165) is 6.07 Å². The number of nitro groups is 2. The van der Waals surface area contributed by atoms with Gasteiger partial charge in [-0.2, -0.15) is 0 Å². The van der Waals surface area contributed by atoms with Crippen molar-refractivity contribution in [3.05, 3.63) is 79.9 Å². The van der Waals surface area contributed by atoms with E-state index in [4.69, 9.17) is 16.0 Å². The van der Waals surface area contributed by atoms with Gasteiger partial charge in [0.05, 0.1) is 9.85 Å². The van der Waals surface area contributed by atoms with E-state index < -0.39 is 15.7 Å². The second kappa shape index (κ2) is 6.96. The van der Waals surface area contributed by atoms with Gasteiger partial charge in [0, 0.05) is 35.4 Å². The van der Waals surface area contributed by atoms with Crippen molar-refractivity contribution in [2.24, 2.45) is 10.9 Å². The Morgan fingerprint density at radius 1 is 1.00 bits per heavy atom. The van der Waals surface area contributed by atoms with Crippen LogP contribution in [0.3, 0.4) is 0 Å². The molecule has 0 aliphatic heterocycles. The van der Waals surface area contributed by atoms with E-state index in [9.17, 15) is 20.2 Å². The Morgan fingerprint density at radius 2 is 1.50 bits per heavy atom. The molecule has 0 aliphatic rings. The molecular weight excluding hydrogens is 318 g/mol. The fourth-order valence-corrected chi connectivity index (χ4v) is 1.74. The van der Waals surface area contributed by atoms with Gasteiger partial charge in [0.15, 0.2) is 5.84 Å². The molecule has 0 aliphatic carbocycles. The molecule has 0 unspecified atom stereocenters. The highest BCUT2D eigenvalue weighted by Crippen LogP contribution is 2.15. The molecule has 2 aromatic carbocycles. The predicted octanol–water partition coefficient (Wildman–Crippen LogP) is 2.17. The predicted molar refractivity (Wildman–Crippen MR) is 84.8 cm³/mol. The molecule has 10 heteroatoms. The fraction of sp³-hybridized carbons (Fsp3) is 0. The molecule has 122 valence electrons. The molecule has 0 bridgehead atoms. The van der Waals surface area contributed by atoms with Gasteiger partial charge in [0.1, 0.15) is 0 Å². The number of nitrogens with one attached hydrogen (secondary N) is 1. The second-order valence-corrected chi connectivity index (χ2v) is 4.51. The van der Waals surface area contributed by atoms with Crippen LogP contribution in [0.4, 0.5) is 11.4 Å². The molecular formula is C14H11N5O5. The van der Waals surface area contributed by atoms with Gasteiger partial charge in [-0.3, -0.25) is 25.6 Å². The summed E-state index contributed by atoms with van der Waals surface area (Å²) in [4.78, 5) is 25.1. The van der Waals surface area contributed by atoms with Crippen LogP contribution in [0, 0.1) is 25.6 Å². The summed E-state index contributed by atoms with van der Waals surface area (Å²) in [6, 6.07) is 10.7. The highest BCUT2D eigenvalue weighted by molar-refractivity contribution is 5.99. The zero-order chi connectivity index (χ0) is 17.7. The van der Waals surface area contributed by atoms with Crippen LogP contribution in [-0.2, 0) is 4.84 Å². The molecule has 0 fully saturated rings. The number of rotatable bonds is 5. The Bertz CT molecular complexity index is 849. The molecule has 0 radical (unpaired) electrons. The highest BCUT2D eigenvalue weighted by Gasteiger charge is 2.11. The monoisotopic (exact) mass is 329 g/mol. The Labute approximate surface area is 135 Å². The summed E-state index contributed by atoms with van der Waals surface area (Å²) in [5, 5.41) is 32.7. The normalized spacial score (nSPS) is 10.9. The van der Waals surface area contributed by atoms with Crippen molar-refractivity contribution in [3.63, 3.8) is 0 Å². The fourth-order valence-electron chi connectivity index (χ4n) is 1.74. The lowest BCUT2D eigenvalue weighted by Gasteiger charge is -2.03. The van der Waals surface area contributed by atoms with E-state index in [-0.39, 0.29) is 28.3 Å². The van der Waals surface area contributed by atoms with Crippen molar-refractivity contribution < 1.29 is 14.7 Å². The summed E-state index contributed by atoms with van der Waals surface area (Å²) in [7, 11) is 0. The summed E-state index contributed by atoms with van der Waals surface area (Å²) in [5.41, 5.74) is 5.69. The van der Waals surface area contributed by atoms with Crippen LogP contribution in [-0.4, -0.2) is 21.6 Å². The summed E-state index contributed by atoms with van der Waals surface area (Å²) in [5.74, 6) is -0.624. The molecule has 10 nitrogen and oxygen atoms in total. The lowest BCUT2D eigenvalue weighted by Crippen LogP contribution is -2.15. The van der Waals surface area contributed by atoms with E-state index in [1.165, 1.54) is 42.5 Å². The van der Waals surface area contributed by atoms with Crippen LogP contribution < -0.4 is 5.73 Å². The first-order valence-electron chi connectivity index (χ1n) is 6.47. The maximum Gasteiger partial charge on any atom is 0.270 e.